The summed E-state index contributed by atoms with van der Waals surface area (Å²) in [5, 5.41) is 8.78. The minimum atomic E-state index is -0.475. The van der Waals surface area contributed by atoms with Gasteiger partial charge in [-0.05, 0) is 35.0 Å². The molecular weight excluding hydrogens is 246 g/mol. The molecule has 0 N–H and O–H groups in total. The number of esters is 1. The Balaban J connectivity index is 3.18. The predicted molar refractivity (Wildman–Crippen MR) is 54.8 cm³/mol. The van der Waals surface area contributed by atoms with Crippen LogP contribution in [0.25, 0.3) is 0 Å². The van der Waals surface area contributed by atoms with Gasteiger partial charge < -0.3 is 4.74 Å². The molecule has 72 valence electrons. The molecule has 0 saturated heterocycles. The Hall–Kier alpha value is -1.34. The van der Waals surface area contributed by atoms with Gasteiger partial charge in [0, 0.05) is 4.47 Å². The Kier molecular flexibility index (Phi) is 3.66. The fourth-order valence-electron chi connectivity index (χ4n) is 1.03. The quantitative estimate of drug-likeness (QED) is 0.762. The Morgan fingerprint density at radius 3 is 2.93 bits per heavy atom. The molecule has 0 aromatic heterocycles. The predicted octanol–water partition coefficient (Wildman–Crippen LogP) is 2.50. The molecule has 0 heterocycles. The van der Waals surface area contributed by atoms with E-state index in [1.54, 1.807) is 25.1 Å². The minimum Gasteiger partial charge on any atom is -0.462 e. The van der Waals surface area contributed by atoms with Gasteiger partial charge in [0.25, 0.3) is 0 Å². The molecule has 0 saturated carbocycles. The van der Waals surface area contributed by atoms with Gasteiger partial charge in [0.15, 0.2) is 0 Å². The van der Waals surface area contributed by atoms with Crippen LogP contribution in [-0.4, -0.2) is 12.6 Å². The van der Waals surface area contributed by atoms with Crippen molar-refractivity contribution < 1.29 is 9.53 Å². The van der Waals surface area contributed by atoms with Crippen LogP contribution in [0.5, 0.6) is 0 Å². The van der Waals surface area contributed by atoms with E-state index < -0.39 is 5.97 Å². The van der Waals surface area contributed by atoms with Crippen LogP contribution in [0.3, 0.4) is 0 Å². The lowest BCUT2D eigenvalue weighted by Crippen LogP contribution is -2.07. The zero-order valence-corrected chi connectivity index (χ0v) is 9.17. The van der Waals surface area contributed by atoms with Crippen LogP contribution in [-0.2, 0) is 4.74 Å². The van der Waals surface area contributed by atoms with Gasteiger partial charge in [0.05, 0.1) is 17.7 Å². The molecule has 0 bridgehead atoms. The highest BCUT2D eigenvalue weighted by atomic mass is 79.9. The number of ether oxygens (including phenoxy) is 1. The summed E-state index contributed by atoms with van der Waals surface area (Å²) < 4.78 is 5.41. The highest BCUT2D eigenvalue weighted by Gasteiger charge is 2.15. The number of nitriles is 1. The first-order valence-corrected chi connectivity index (χ1v) is 4.85. The van der Waals surface area contributed by atoms with Crippen LogP contribution in [0.2, 0.25) is 0 Å². The summed E-state index contributed by atoms with van der Waals surface area (Å²) in [5.74, 6) is -0.475. The van der Waals surface area contributed by atoms with E-state index >= 15 is 0 Å². The van der Waals surface area contributed by atoms with Crippen molar-refractivity contribution in [1.82, 2.24) is 0 Å². The SMILES string of the molecule is CCOC(=O)c1c(Br)cccc1C#N. The number of nitrogens with zero attached hydrogens (tertiary/aromatic N) is 1. The zero-order valence-electron chi connectivity index (χ0n) is 7.58. The third-order valence-corrected chi connectivity index (χ3v) is 2.27. The van der Waals surface area contributed by atoms with Gasteiger partial charge >= 0.3 is 5.97 Å². The number of rotatable bonds is 2. The van der Waals surface area contributed by atoms with Crippen molar-refractivity contribution in [2.24, 2.45) is 0 Å². The van der Waals surface area contributed by atoms with Crippen molar-refractivity contribution >= 4 is 21.9 Å². The third kappa shape index (κ3) is 2.12. The number of halogens is 1. The van der Waals surface area contributed by atoms with E-state index in [1.165, 1.54) is 0 Å². The Bertz CT molecular complexity index is 396. The van der Waals surface area contributed by atoms with Crippen molar-refractivity contribution in [3.05, 3.63) is 33.8 Å². The maximum atomic E-state index is 11.4. The van der Waals surface area contributed by atoms with E-state index in [4.69, 9.17) is 10.00 Å². The molecule has 1 aromatic carbocycles. The second-order valence-corrected chi connectivity index (χ2v) is 3.35. The lowest BCUT2D eigenvalue weighted by molar-refractivity contribution is 0.0525. The lowest BCUT2D eigenvalue weighted by Gasteiger charge is -2.05. The summed E-state index contributed by atoms with van der Waals surface area (Å²) in [7, 11) is 0. The van der Waals surface area contributed by atoms with Crippen LogP contribution < -0.4 is 0 Å². The smallest absolute Gasteiger partial charge is 0.340 e. The summed E-state index contributed by atoms with van der Waals surface area (Å²) in [6.07, 6.45) is 0. The first kappa shape index (κ1) is 10.7. The fourth-order valence-corrected chi connectivity index (χ4v) is 1.56. The highest BCUT2D eigenvalue weighted by Crippen LogP contribution is 2.20. The van der Waals surface area contributed by atoms with E-state index in [1.807, 2.05) is 6.07 Å². The van der Waals surface area contributed by atoms with Crippen LogP contribution in [0.15, 0.2) is 22.7 Å². The summed E-state index contributed by atoms with van der Waals surface area (Å²) >= 11 is 3.21. The molecule has 0 radical (unpaired) electrons. The average Bonchev–Trinajstić information content (AvgIpc) is 2.17. The summed E-state index contributed by atoms with van der Waals surface area (Å²) in [6.45, 7) is 2.02. The number of carbonyl (C=O) groups is 1. The molecule has 0 unspecified atom stereocenters. The molecule has 0 spiro atoms. The normalized spacial score (nSPS) is 9.21. The zero-order chi connectivity index (χ0) is 10.6. The largest absolute Gasteiger partial charge is 0.462 e. The highest BCUT2D eigenvalue weighted by molar-refractivity contribution is 9.10. The first-order chi connectivity index (χ1) is 6.70. The monoisotopic (exact) mass is 253 g/mol. The van der Waals surface area contributed by atoms with E-state index in [0.717, 1.165) is 0 Å². The van der Waals surface area contributed by atoms with Crippen molar-refractivity contribution in [3.8, 4) is 6.07 Å². The molecule has 1 rings (SSSR count). The summed E-state index contributed by atoms with van der Waals surface area (Å²) in [5.41, 5.74) is 0.606. The number of hydrogen-bond acceptors (Lipinski definition) is 3. The van der Waals surface area contributed by atoms with Gasteiger partial charge in [0.1, 0.15) is 6.07 Å². The maximum absolute atomic E-state index is 11.4. The lowest BCUT2D eigenvalue weighted by atomic mass is 10.1. The number of carbonyl (C=O) groups excluding carboxylic acids is 1. The van der Waals surface area contributed by atoms with E-state index in [2.05, 4.69) is 15.9 Å². The second kappa shape index (κ2) is 4.77. The van der Waals surface area contributed by atoms with Crippen molar-refractivity contribution in [1.29, 1.82) is 5.26 Å². The van der Waals surface area contributed by atoms with Crippen LogP contribution in [0.1, 0.15) is 22.8 Å². The Labute approximate surface area is 90.4 Å². The van der Waals surface area contributed by atoms with Crippen LogP contribution >= 0.6 is 15.9 Å². The molecule has 0 aliphatic carbocycles. The molecule has 0 fully saturated rings. The summed E-state index contributed by atoms with van der Waals surface area (Å²) in [6, 6.07) is 6.93. The maximum Gasteiger partial charge on any atom is 0.340 e. The van der Waals surface area contributed by atoms with Crippen molar-refractivity contribution in [2.45, 2.75) is 6.92 Å². The first-order valence-electron chi connectivity index (χ1n) is 4.06. The van der Waals surface area contributed by atoms with Gasteiger partial charge in [-0.1, -0.05) is 6.07 Å². The van der Waals surface area contributed by atoms with Crippen LogP contribution in [0, 0.1) is 11.3 Å². The molecule has 0 amide bonds. The van der Waals surface area contributed by atoms with E-state index in [-0.39, 0.29) is 5.56 Å². The standard InChI is InChI=1S/C10H8BrNO2/c1-2-14-10(13)9-7(6-12)4-3-5-8(9)11/h3-5H,2H2,1H3. The molecule has 14 heavy (non-hydrogen) atoms. The van der Waals surface area contributed by atoms with Crippen molar-refractivity contribution in [3.63, 3.8) is 0 Å². The average molecular weight is 254 g/mol. The Morgan fingerprint density at radius 2 is 2.36 bits per heavy atom. The molecule has 1 aromatic rings. The molecular formula is C10H8BrNO2. The third-order valence-electron chi connectivity index (χ3n) is 1.61. The number of hydrogen-bond donors (Lipinski definition) is 0. The molecule has 4 heteroatoms. The summed E-state index contributed by atoms with van der Waals surface area (Å²) in [4.78, 5) is 11.4. The van der Waals surface area contributed by atoms with Gasteiger partial charge in [-0.3, -0.25) is 0 Å². The van der Waals surface area contributed by atoms with Crippen LogP contribution in [0.4, 0.5) is 0 Å². The van der Waals surface area contributed by atoms with Gasteiger partial charge in [0.2, 0.25) is 0 Å². The van der Waals surface area contributed by atoms with Gasteiger partial charge in [-0.15, -0.1) is 0 Å². The molecule has 0 aliphatic rings. The minimum absolute atomic E-state index is 0.289. The Morgan fingerprint density at radius 1 is 1.64 bits per heavy atom. The van der Waals surface area contributed by atoms with E-state index in [9.17, 15) is 4.79 Å². The molecule has 0 atom stereocenters. The second-order valence-electron chi connectivity index (χ2n) is 2.49. The molecule has 3 nitrogen and oxygen atoms in total. The van der Waals surface area contributed by atoms with Crippen molar-refractivity contribution in [2.75, 3.05) is 6.61 Å². The van der Waals surface area contributed by atoms with Gasteiger partial charge in [-0.2, -0.15) is 5.26 Å². The number of benzene rings is 1. The van der Waals surface area contributed by atoms with E-state index in [0.29, 0.717) is 16.6 Å². The molecule has 0 aliphatic heterocycles. The van der Waals surface area contributed by atoms with Gasteiger partial charge in [-0.25, -0.2) is 4.79 Å². The fraction of sp³-hybridized carbons (Fsp3) is 0.200. The topological polar surface area (TPSA) is 50.1 Å².